The van der Waals surface area contributed by atoms with E-state index < -0.39 is 11.9 Å². The molecule has 21 heavy (non-hydrogen) atoms. The van der Waals surface area contributed by atoms with E-state index in [4.69, 9.17) is 10.5 Å². The van der Waals surface area contributed by atoms with Crippen LogP contribution >= 0.6 is 0 Å². The van der Waals surface area contributed by atoms with Gasteiger partial charge in [-0.05, 0) is 26.3 Å². The number of ether oxygens (including phenoxy) is 1. The predicted octanol–water partition coefficient (Wildman–Crippen LogP) is 2.92. The Morgan fingerprint density at radius 3 is 2.67 bits per heavy atom. The first-order valence-corrected chi connectivity index (χ1v) is 7.45. The Kier molecular flexibility index (Phi) is 7.15. The standard InChI is InChI=1S/C16H25FN2O2/c1-4-5-6-9-19-16(20)12(3)21-13-7-8-14(11(2)18)15(17)10-13/h7-8,10-12H,4-6,9,18H2,1-3H3,(H,19,20). The van der Waals surface area contributed by atoms with E-state index in [2.05, 4.69) is 12.2 Å². The molecular weight excluding hydrogens is 271 g/mol. The van der Waals surface area contributed by atoms with Crippen LogP contribution in [0.5, 0.6) is 5.75 Å². The van der Waals surface area contributed by atoms with Crippen molar-refractivity contribution in [2.24, 2.45) is 5.73 Å². The molecule has 1 rings (SSSR count). The van der Waals surface area contributed by atoms with Gasteiger partial charge >= 0.3 is 0 Å². The number of carbonyl (C=O) groups excluding carboxylic acids is 1. The summed E-state index contributed by atoms with van der Waals surface area (Å²) in [7, 11) is 0. The summed E-state index contributed by atoms with van der Waals surface area (Å²) in [6.45, 7) is 6.10. The maximum atomic E-state index is 13.8. The Hall–Kier alpha value is -1.62. The summed E-state index contributed by atoms with van der Waals surface area (Å²) in [5.41, 5.74) is 6.08. The molecule has 1 aromatic carbocycles. The summed E-state index contributed by atoms with van der Waals surface area (Å²) >= 11 is 0. The second kappa shape index (κ2) is 8.62. The topological polar surface area (TPSA) is 64.3 Å². The highest BCUT2D eigenvalue weighted by molar-refractivity contribution is 5.80. The van der Waals surface area contributed by atoms with Crippen LogP contribution in [0.15, 0.2) is 18.2 Å². The van der Waals surface area contributed by atoms with E-state index in [0.717, 1.165) is 19.3 Å². The average Bonchev–Trinajstić information content (AvgIpc) is 2.43. The van der Waals surface area contributed by atoms with Crippen LogP contribution < -0.4 is 15.8 Å². The summed E-state index contributed by atoms with van der Waals surface area (Å²) in [6.07, 6.45) is 2.48. The van der Waals surface area contributed by atoms with Crippen LogP contribution in [-0.4, -0.2) is 18.6 Å². The van der Waals surface area contributed by atoms with E-state index in [1.54, 1.807) is 26.0 Å². The summed E-state index contributed by atoms with van der Waals surface area (Å²) in [5.74, 6) is -0.283. The molecule has 2 unspecified atom stereocenters. The molecule has 0 aliphatic rings. The van der Waals surface area contributed by atoms with Crippen molar-refractivity contribution in [1.82, 2.24) is 5.32 Å². The molecule has 1 aromatic rings. The molecule has 0 aliphatic heterocycles. The fourth-order valence-electron chi connectivity index (χ4n) is 1.94. The lowest BCUT2D eigenvalue weighted by Gasteiger charge is -2.16. The molecular formula is C16H25FN2O2. The molecule has 0 radical (unpaired) electrons. The number of nitrogens with two attached hydrogens (primary N) is 1. The van der Waals surface area contributed by atoms with Crippen molar-refractivity contribution >= 4 is 5.91 Å². The van der Waals surface area contributed by atoms with Gasteiger partial charge in [-0.15, -0.1) is 0 Å². The number of carbonyl (C=O) groups is 1. The molecule has 118 valence electrons. The molecule has 0 heterocycles. The van der Waals surface area contributed by atoms with Crippen LogP contribution in [0.1, 0.15) is 51.6 Å². The minimum Gasteiger partial charge on any atom is -0.481 e. The lowest BCUT2D eigenvalue weighted by molar-refractivity contribution is -0.127. The number of amides is 1. The van der Waals surface area contributed by atoms with E-state index in [-0.39, 0.29) is 11.9 Å². The zero-order chi connectivity index (χ0) is 15.8. The second-order valence-electron chi connectivity index (χ2n) is 5.23. The van der Waals surface area contributed by atoms with Crippen molar-refractivity contribution < 1.29 is 13.9 Å². The molecule has 0 aliphatic carbocycles. The Morgan fingerprint density at radius 1 is 1.38 bits per heavy atom. The molecule has 0 bridgehead atoms. The number of nitrogens with one attached hydrogen (secondary N) is 1. The average molecular weight is 296 g/mol. The number of halogens is 1. The number of hydrogen-bond donors (Lipinski definition) is 2. The lowest BCUT2D eigenvalue weighted by Crippen LogP contribution is -2.36. The van der Waals surface area contributed by atoms with Crippen LogP contribution in [0.25, 0.3) is 0 Å². The molecule has 5 heteroatoms. The minimum atomic E-state index is -0.660. The first-order chi connectivity index (χ1) is 9.95. The van der Waals surface area contributed by atoms with Gasteiger partial charge in [-0.2, -0.15) is 0 Å². The SMILES string of the molecule is CCCCCNC(=O)C(C)Oc1ccc(C(C)N)c(F)c1. The van der Waals surface area contributed by atoms with Crippen molar-refractivity contribution in [3.63, 3.8) is 0 Å². The first-order valence-electron chi connectivity index (χ1n) is 7.45. The van der Waals surface area contributed by atoms with E-state index in [1.807, 2.05) is 0 Å². The van der Waals surface area contributed by atoms with Crippen molar-refractivity contribution in [3.05, 3.63) is 29.6 Å². The van der Waals surface area contributed by atoms with Gasteiger partial charge < -0.3 is 15.8 Å². The van der Waals surface area contributed by atoms with Gasteiger partial charge in [0.15, 0.2) is 6.10 Å². The highest BCUT2D eigenvalue weighted by atomic mass is 19.1. The molecule has 2 atom stereocenters. The molecule has 0 aromatic heterocycles. The quantitative estimate of drug-likeness (QED) is 0.725. The van der Waals surface area contributed by atoms with Crippen molar-refractivity contribution in [2.75, 3.05) is 6.54 Å². The summed E-state index contributed by atoms with van der Waals surface area (Å²) in [4.78, 5) is 11.8. The number of hydrogen-bond acceptors (Lipinski definition) is 3. The molecule has 0 saturated heterocycles. The third-order valence-corrected chi connectivity index (χ3v) is 3.22. The van der Waals surface area contributed by atoms with Gasteiger partial charge in [-0.25, -0.2) is 4.39 Å². The van der Waals surface area contributed by atoms with Gasteiger partial charge in [0.1, 0.15) is 11.6 Å². The Balaban J connectivity index is 2.52. The Bertz CT molecular complexity index is 464. The third kappa shape index (κ3) is 5.71. The van der Waals surface area contributed by atoms with E-state index >= 15 is 0 Å². The van der Waals surface area contributed by atoms with Gasteiger partial charge in [0.2, 0.25) is 0 Å². The molecule has 0 saturated carbocycles. The van der Waals surface area contributed by atoms with E-state index in [9.17, 15) is 9.18 Å². The number of unbranched alkanes of at least 4 members (excludes halogenated alkanes) is 2. The summed E-state index contributed by atoms with van der Waals surface area (Å²) in [5, 5.41) is 2.80. The number of rotatable bonds is 8. The molecule has 3 N–H and O–H groups in total. The van der Waals surface area contributed by atoms with E-state index in [0.29, 0.717) is 17.9 Å². The van der Waals surface area contributed by atoms with Crippen LogP contribution in [0.4, 0.5) is 4.39 Å². The Morgan fingerprint density at radius 2 is 2.10 bits per heavy atom. The number of benzene rings is 1. The zero-order valence-corrected chi connectivity index (χ0v) is 13.0. The highest BCUT2D eigenvalue weighted by Crippen LogP contribution is 2.21. The monoisotopic (exact) mass is 296 g/mol. The molecule has 0 spiro atoms. The van der Waals surface area contributed by atoms with Crippen LogP contribution in [0.2, 0.25) is 0 Å². The van der Waals surface area contributed by atoms with Crippen LogP contribution in [-0.2, 0) is 4.79 Å². The van der Waals surface area contributed by atoms with Gasteiger partial charge in [-0.1, -0.05) is 25.8 Å². The fraction of sp³-hybridized carbons (Fsp3) is 0.562. The van der Waals surface area contributed by atoms with Gasteiger partial charge in [0.25, 0.3) is 5.91 Å². The summed E-state index contributed by atoms with van der Waals surface area (Å²) in [6, 6.07) is 4.10. The molecule has 0 fully saturated rings. The fourth-order valence-corrected chi connectivity index (χ4v) is 1.94. The first kappa shape index (κ1) is 17.4. The van der Waals surface area contributed by atoms with Crippen molar-refractivity contribution in [3.8, 4) is 5.75 Å². The van der Waals surface area contributed by atoms with Gasteiger partial charge in [-0.3, -0.25) is 4.79 Å². The maximum absolute atomic E-state index is 13.8. The van der Waals surface area contributed by atoms with E-state index in [1.165, 1.54) is 6.07 Å². The van der Waals surface area contributed by atoms with Gasteiger partial charge in [0.05, 0.1) is 0 Å². The van der Waals surface area contributed by atoms with Crippen LogP contribution in [0.3, 0.4) is 0 Å². The summed E-state index contributed by atoms with van der Waals surface area (Å²) < 4.78 is 19.2. The largest absolute Gasteiger partial charge is 0.481 e. The zero-order valence-electron chi connectivity index (χ0n) is 13.0. The van der Waals surface area contributed by atoms with Gasteiger partial charge in [0, 0.05) is 24.2 Å². The van der Waals surface area contributed by atoms with Crippen molar-refractivity contribution in [2.45, 2.75) is 52.2 Å². The van der Waals surface area contributed by atoms with Crippen molar-refractivity contribution in [1.29, 1.82) is 0 Å². The molecule has 4 nitrogen and oxygen atoms in total. The highest BCUT2D eigenvalue weighted by Gasteiger charge is 2.15. The smallest absolute Gasteiger partial charge is 0.260 e. The maximum Gasteiger partial charge on any atom is 0.260 e. The predicted molar refractivity (Wildman–Crippen MR) is 81.6 cm³/mol. The molecule has 1 amide bonds. The van der Waals surface area contributed by atoms with Crippen LogP contribution in [0, 0.1) is 5.82 Å². The lowest BCUT2D eigenvalue weighted by atomic mass is 10.1. The minimum absolute atomic E-state index is 0.192. The third-order valence-electron chi connectivity index (χ3n) is 3.22. The Labute approximate surface area is 125 Å². The second-order valence-corrected chi connectivity index (χ2v) is 5.23. The normalized spacial score (nSPS) is 13.6.